The fourth-order valence-electron chi connectivity index (χ4n) is 1.13. The molecule has 0 aliphatic heterocycles. The summed E-state index contributed by atoms with van der Waals surface area (Å²) in [5, 5.41) is 10.7. The Balaban J connectivity index is 2.54. The van der Waals surface area contributed by atoms with Crippen LogP contribution >= 0.6 is 28.6 Å². The van der Waals surface area contributed by atoms with Gasteiger partial charge >= 0.3 is 0 Å². The van der Waals surface area contributed by atoms with E-state index in [0.29, 0.717) is 35.8 Å². The molecule has 0 unspecified atom stereocenters. The average Bonchev–Trinajstić information content (AvgIpc) is 2.30. The highest BCUT2D eigenvalue weighted by Gasteiger charge is 2.15. The first-order chi connectivity index (χ1) is 8.16. The Hall–Kier alpha value is -0.790. The van der Waals surface area contributed by atoms with Crippen LogP contribution in [0.4, 0.5) is 5.69 Å². The van der Waals surface area contributed by atoms with Crippen molar-refractivity contribution in [3.63, 3.8) is 0 Å². The predicted molar refractivity (Wildman–Crippen MR) is 71.0 cm³/mol. The number of benzene rings is 1. The number of hydrogen-bond donors (Lipinski definition) is 1. The van der Waals surface area contributed by atoms with Crippen LogP contribution < -0.4 is 4.74 Å². The number of nitro groups is 1. The zero-order valence-corrected chi connectivity index (χ0v) is 11.4. The summed E-state index contributed by atoms with van der Waals surface area (Å²) < 4.78 is 10.9. The molecule has 5 nitrogen and oxygen atoms in total. The summed E-state index contributed by atoms with van der Waals surface area (Å²) >= 11 is 7.14. The highest BCUT2D eigenvalue weighted by molar-refractivity contribution is 9.10. The van der Waals surface area contributed by atoms with E-state index in [1.165, 1.54) is 6.07 Å². The largest absolute Gasteiger partial charge is 0.490 e. The van der Waals surface area contributed by atoms with Crippen LogP contribution in [-0.2, 0) is 4.74 Å². The van der Waals surface area contributed by atoms with Crippen LogP contribution in [0.25, 0.3) is 0 Å². The fourth-order valence-corrected chi connectivity index (χ4v) is 1.78. The van der Waals surface area contributed by atoms with Crippen molar-refractivity contribution in [1.82, 2.24) is 0 Å². The Morgan fingerprint density at radius 3 is 2.76 bits per heavy atom. The number of hydrogen-bond acceptors (Lipinski definition) is 5. The van der Waals surface area contributed by atoms with Crippen molar-refractivity contribution in [3.05, 3.63) is 32.8 Å². The van der Waals surface area contributed by atoms with Gasteiger partial charge in [-0.3, -0.25) is 10.1 Å². The van der Waals surface area contributed by atoms with E-state index in [1.807, 2.05) is 0 Å². The summed E-state index contributed by atoms with van der Waals surface area (Å²) in [6, 6.07) is 4.65. The highest BCUT2D eigenvalue weighted by Crippen LogP contribution is 2.33. The molecule has 0 N–H and O–H groups in total. The standard InChI is InChI=1S/C10H12BrNO4S/c11-10-8(12(13)14)2-1-3-9(10)16-5-4-15-6-7-17/h1-3,17H,4-7H2. The molecule has 1 aromatic rings. The minimum Gasteiger partial charge on any atom is -0.490 e. The molecule has 1 rings (SSSR count). The minimum absolute atomic E-state index is 0.0150. The molecular weight excluding hydrogens is 310 g/mol. The normalized spacial score (nSPS) is 10.2. The summed E-state index contributed by atoms with van der Waals surface area (Å²) in [6.07, 6.45) is 0. The molecule has 0 aliphatic rings. The molecule has 0 saturated heterocycles. The number of thiol groups is 1. The Kier molecular flexibility index (Phi) is 6.31. The molecule has 17 heavy (non-hydrogen) atoms. The van der Waals surface area contributed by atoms with Gasteiger partial charge in [-0.1, -0.05) is 6.07 Å². The van der Waals surface area contributed by atoms with E-state index >= 15 is 0 Å². The van der Waals surface area contributed by atoms with Crippen molar-refractivity contribution in [1.29, 1.82) is 0 Å². The molecule has 0 aliphatic carbocycles. The van der Waals surface area contributed by atoms with Crippen LogP contribution in [0.3, 0.4) is 0 Å². The Bertz CT molecular complexity index is 389. The molecule has 0 aromatic heterocycles. The number of halogens is 1. The van der Waals surface area contributed by atoms with E-state index in [-0.39, 0.29) is 5.69 Å². The molecule has 0 fully saturated rings. The molecule has 1 aromatic carbocycles. The number of ether oxygens (including phenoxy) is 2. The van der Waals surface area contributed by atoms with E-state index < -0.39 is 4.92 Å². The second-order valence-electron chi connectivity index (χ2n) is 3.03. The van der Waals surface area contributed by atoms with Gasteiger partial charge in [0.15, 0.2) is 0 Å². The average molecular weight is 322 g/mol. The molecule has 0 bridgehead atoms. The molecule has 0 spiro atoms. The van der Waals surface area contributed by atoms with E-state index in [2.05, 4.69) is 28.6 Å². The van der Waals surface area contributed by atoms with Crippen molar-refractivity contribution in [3.8, 4) is 5.75 Å². The molecule has 94 valence electrons. The lowest BCUT2D eigenvalue weighted by atomic mass is 10.3. The lowest BCUT2D eigenvalue weighted by Gasteiger charge is -2.08. The quantitative estimate of drug-likeness (QED) is 0.363. The summed E-state index contributed by atoms with van der Waals surface area (Å²) in [5.74, 6) is 1.09. The van der Waals surface area contributed by atoms with E-state index in [4.69, 9.17) is 9.47 Å². The smallest absolute Gasteiger partial charge is 0.287 e. The zero-order valence-electron chi connectivity index (χ0n) is 8.97. The van der Waals surface area contributed by atoms with Gasteiger partial charge in [0.05, 0.1) is 18.1 Å². The van der Waals surface area contributed by atoms with E-state index in [1.54, 1.807) is 12.1 Å². The van der Waals surface area contributed by atoms with Gasteiger partial charge < -0.3 is 9.47 Å². The molecule has 7 heteroatoms. The third-order valence-corrected chi connectivity index (χ3v) is 2.84. The Morgan fingerprint density at radius 1 is 1.35 bits per heavy atom. The second kappa shape index (κ2) is 7.52. The number of nitro benzene ring substituents is 1. The first-order valence-corrected chi connectivity index (χ1v) is 6.33. The molecular formula is C10H12BrNO4S. The molecule has 0 amide bonds. The van der Waals surface area contributed by atoms with Gasteiger partial charge in [0, 0.05) is 11.8 Å². The zero-order chi connectivity index (χ0) is 12.7. The van der Waals surface area contributed by atoms with Crippen molar-refractivity contribution in [2.45, 2.75) is 0 Å². The lowest BCUT2D eigenvalue weighted by Crippen LogP contribution is -2.08. The second-order valence-corrected chi connectivity index (χ2v) is 4.27. The number of rotatable bonds is 7. The van der Waals surface area contributed by atoms with Crippen LogP contribution in [0.1, 0.15) is 0 Å². The van der Waals surface area contributed by atoms with Gasteiger partial charge in [-0.15, -0.1) is 0 Å². The maximum Gasteiger partial charge on any atom is 0.287 e. The summed E-state index contributed by atoms with van der Waals surface area (Å²) in [6.45, 7) is 1.33. The topological polar surface area (TPSA) is 61.6 Å². The maximum atomic E-state index is 10.7. The molecule has 0 radical (unpaired) electrons. The Labute approximate surface area is 113 Å². The summed E-state index contributed by atoms with van der Waals surface area (Å²) in [7, 11) is 0. The van der Waals surface area contributed by atoms with Crippen LogP contribution in [0.5, 0.6) is 5.75 Å². The van der Waals surface area contributed by atoms with Gasteiger partial charge in [-0.05, 0) is 22.0 Å². The van der Waals surface area contributed by atoms with Crippen LogP contribution in [-0.4, -0.2) is 30.5 Å². The van der Waals surface area contributed by atoms with Crippen molar-refractivity contribution in [2.75, 3.05) is 25.6 Å². The van der Waals surface area contributed by atoms with Gasteiger partial charge in [-0.25, -0.2) is 0 Å². The van der Waals surface area contributed by atoms with Gasteiger partial charge in [0.2, 0.25) is 0 Å². The molecule has 0 atom stereocenters. The first kappa shape index (κ1) is 14.3. The summed E-state index contributed by atoms with van der Waals surface area (Å²) in [4.78, 5) is 10.2. The van der Waals surface area contributed by atoms with Crippen LogP contribution in [0, 0.1) is 10.1 Å². The van der Waals surface area contributed by atoms with Crippen molar-refractivity contribution in [2.24, 2.45) is 0 Å². The minimum atomic E-state index is -0.464. The van der Waals surface area contributed by atoms with Crippen molar-refractivity contribution >= 4 is 34.2 Å². The third kappa shape index (κ3) is 4.53. The molecule has 0 saturated carbocycles. The van der Waals surface area contributed by atoms with Crippen LogP contribution in [0.15, 0.2) is 22.7 Å². The van der Waals surface area contributed by atoms with E-state index in [0.717, 1.165) is 0 Å². The van der Waals surface area contributed by atoms with Gasteiger partial charge in [0.1, 0.15) is 16.8 Å². The van der Waals surface area contributed by atoms with E-state index in [9.17, 15) is 10.1 Å². The van der Waals surface area contributed by atoms with Crippen molar-refractivity contribution < 1.29 is 14.4 Å². The van der Waals surface area contributed by atoms with Gasteiger partial charge in [0.25, 0.3) is 5.69 Å². The maximum absolute atomic E-state index is 10.7. The predicted octanol–water partition coefficient (Wildman–Crippen LogP) is 2.68. The molecule has 0 heterocycles. The monoisotopic (exact) mass is 321 g/mol. The third-order valence-electron chi connectivity index (χ3n) is 1.86. The number of nitrogens with zero attached hydrogens (tertiary/aromatic N) is 1. The Morgan fingerprint density at radius 2 is 2.12 bits per heavy atom. The van der Waals surface area contributed by atoms with Crippen LogP contribution in [0.2, 0.25) is 0 Å². The van der Waals surface area contributed by atoms with Gasteiger partial charge in [-0.2, -0.15) is 12.6 Å². The SMILES string of the molecule is O=[N+]([O-])c1cccc(OCCOCCS)c1Br. The lowest BCUT2D eigenvalue weighted by molar-refractivity contribution is -0.385. The fraction of sp³-hybridized carbons (Fsp3) is 0.400. The highest BCUT2D eigenvalue weighted by atomic mass is 79.9. The summed E-state index contributed by atoms with van der Waals surface area (Å²) in [5.41, 5.74) is -0.0150. The first-order valence-electron chi connectivity index (χ1n) is 4.91.